The first-order valence-corrected chi connectivity index (χ1v) is 24.4. The average Bonchev–Trinajstić information content (AvgIpc) is 3.11. The van der Waals surface area contributed by atoms with Crippen LogP contribution in [-0.2, 0) is 43.3 Å². The van der Waals surface area contributed by atoms with Crippen molar-refractivity contribution in [3.05, 3.63) is 128 Å². The predicted octanol–water partition coefficient (Wildman–Crippen LogP) is 19.4. The molecule has 0 aliphatic carbocycles. The Balaban J connectivity index is 2.25. The van der Waals surface area contributed by atoms with Gasteiger partial charge in [0.25, 0.3) is 0 Å². The summed E-state index contributed by atoms with van der Waals surface area (Å²) >= 11 is 0. The highest BCUT2D eigenvalue weighted by atomic mass is 14.4. The standard InChI is InChI=1S/C64H90/c1-39-53(41-27-45(57(3,4)5)35-46(28-41)58(6,7)8)55(43-31-49(61(15,16)17)37-50(32-43)62(18,19)20)40(2)56(44-33-51(63(21,22)23)38-52(34-44)64(24,25)26)54(39)42-29-47(59(9,10)11)36-48(30-42)60(12,13)14/h27-38H,1-26H3. The molecule has 0 heterocycles. The zero-order chi connectivity index (χ0) is 48.9. The molecule has 0 aliphatic heterocycles. The molecule has 0 saturated heterocycles. The number of rotatable bonds is 4. The van der Waals surface area contributed by atoms with Crippen LogP contribution in [0.15, 0.2) is 72.8 Å². The molecule has 0 aromatic heterocycles. The van der Waals surface area contributed by atoms with Gasteiger partial charge in [-0.3, -0.25) is 0 Å². The lowest BCUT2D eigenvalue weighted by atomic mass is 9.72. The van der Waals surface area contributed by atoms with Crippen LogP contribution in [0.4, 0.5) is 0 Å². The van der Waals surface area contributed by atoms with Crippen molar-refractivity contribution in [1.82, 2.24) is 0 Å². The molecule has 64 heavy (non-hydrogen) atoms. The zero-order valence-corrected chi connectivity index (χ0v) is 45.9. The van der Waals surface area contributed by atoms with Gasteiger partial charge in [-0.2, -0.15) is 0 Å². The van der Waals surface area contributed by atoms with Crippen molar-refractivity contribution >= 4 is 0 Å². The highest BCUT2D eigenvalue weighted by molar-refractivity contribution is 6.01. The van der Waals surface area contributed by atoms with Gasteiger partial charge in [-0.25, -0.2) is 0 Å². The Hall–Kier alpha value is -3.90. The van der Waals surface area contributed by atoms with Crippen LogP contribution in [0.5, 0.6) is 0 Å². The van der Waals surface area contributed by atoms with Crippen molar-refractivity contribution < 1.29 is 0 Å². The third-order valence-corrected chi connectivity index (χ3v) is 13.8. The largest absolute Gasteiger partial charge is 0.0561 e. The second-order valence-electron chi connectivity index (χ2n) is 27.9. The van der Waals surface area contributed by atoms with Gasteiger partial charge in [-0.1, -0.05) is 239 Å². The Morgan fingerprint density at radius 1 is 0.188 bits per heavy atom. The first-order valence-electron chi connectivity index (χ1n) is 24.4. The minimum Gasteiger partial charge on any atom is -0.0561 e. The van der Waals surface area contributed by atoms with Crippen LogP contribution in [-0.4, -0.2) is 0 Å². The SMILES string of the molecule is Cc1c(-c2cc(C(C)(C)C)cc(C(C)(C)C)c2)c(-c2cc(C(C)(C)C)cc(C(C)(C)C)c2)c(C)c(-c2cc(C(C)(C)C)cc(C(C)(C)C)c2)c1-c1cc(C(C)(C)C)cc(C(C)(C)C)c1. The molecule has 0 nitrogen and oxygen atoms in total. The summed E-state index contributed by atoms with van der Waals surface area (Å²) < 4.78 is 0. The number of hydrogen-bond donors (Lipinski definition) is 0. The molecule has 0 amide bonds. The second-order valence-corrected chi connectivity index (χ2v) is 27.9. The highest BCUT2D eigenvalue weighted by Gasteiger charge is 2.32. The van der Waals surface area contributed by atoms with Crippen molar-refractivity contribution in [2.24, 2.45) is 0 Å². The molecule has 0 unspecified atom stereocenters. The molecule has 0 fully saturated rings. The van der Waals surface area contributed by atoms with E-state index in [2.05, 4.69) is 253 Å². The summed E-state index contributed by atoms with van der Waals surface area (Å²) in [4.78, 5) is 0. The van der Waals surface area contributed by atoms with Gasteiger partial charge in [0.1, 0.15) is 0 Å². The molecule has 0 heteroatoms. The molecule has 0 bridgehead atoms. The third kappa shape index (κ3) is 10.9. The van der Waals surface area contributed by atoms with Gasteiger partial charge in [0.05, 0.1) is 0 Å². The van der Waals surface area contributed by atoms with E-state index < -0.39 is 0 Å². The molecular weight excluding hydrogens is 769 g/mol. The van der Waals surface area contributed by atoms with E-state index in [4.69, 9.17) is 0 Å². The lowest BCUT2D eigenvalue weighted by Gasteiger charge is -2.32. The summed E-state index contributed by atoms with van der Waals surface area (Å²) in [6.45, 7) is 61.8. The smallest absolute Gasteiger partial charge is 0.00666 e. The van der Waals surface area contributed by atoms with Crippen LogP contribution in [0, 0.1) is 13.8 Å². The molecule has 5 aromatic carbocycles. The Bertz CT molecular complexity index is 2050. The Morgan fingerprint density at radius 2 is 0.297 bits per heavy atom. The quantitative estimate of drug-likeness (QED) is 0.169. The van der Waals surface area contributed by atoms with Gasteiger partial charge >= 0.3 is 0 Å². The zero-order valence-electron chi connectivity index (χ0n) is 45.9. The Kier molecular flexibility index (Phi) is 13.1. The van der Waals surface area contributed by atoms with Crippen molar-refractivity contribution in [3.8, 4) is 44.5 Å². The predicted molar refractivity (Wildman–Crippen MR) is 287 cm³/mol. The lowest BCUT2D eigenvalue weighted by molar-refractivity contribution is 0.568. The lowest BCUT2D eigenvalue weighted by Crippen LogP contribution is -2.18. The topological polar surface area (TPSA) is 0 Å². The van der Waals surface area contributed by atoms with Crippen LogP contribution in [0.25, 0.3) is 44.5 Å². The fourth-order valence-electron chi connectivity index (χ4n) is 9.00. The van der Waals surface area contributed by atoms with E-state index >= 15 is 0 Å². The minimum absolute atomic E-state index is 0.0349. The molecular formula is C64H90. The molecule has 0 aliphatic rings. The molecule has 346 valence electrons. The highest BCUT2D eigenvalue weighted by Crippen LogP contribution is 2.52. The Labute approximate surface area is 394 Å². The van der Waals surface area contributed by atoms with Gasteiger partial charge in [-0.15, -0.1) is 0 Å². The molecule has 5 aromatic rings. The van der Waals surface area contributed by atoms with E-state index in [0.29, 0.717) is 0 Å². The maximum atomic E-state index is 2.53. The van der Waals surface area contributed by atoms with Crippen LogP contribution in [0.2, 0.25) is 0 Å². The number of benzene rings is 5. The summed E-state index contributed by atoms with van der Waals surface area (Å²) in [5.41, 5.74) is 24.0. The summed E-state index contributed by atoms with van der Waals surface area (Å²) in [6.07, 6.45) is 0. The van der Waals surface area contributed by atoms with E-state index in [9.17, 15) is 0 Å². The summed E-state index contributed by atoms with van der Waals surface area (Å²) in [7, 11) is 0. The second kappa shape index (κ2) is 16.5. The molecule has 5 rings (SSSR count). The van der Waals surface area contributed by atoms with E-state index in [0.717, 1.165) is 0 Å². The summed E-state index contributed by atoms with van der Waals surface area (Å²) in [6, 6.07) is 30.2. The average molecular weight is 859 g/mol. The van der Waals surface area contributed by atoms with E-state index in [1.54, 1.807) is 0 Å². The molecule has 0 saturated carbocycles. The fraction of sp³-hybridized carbons (Fsp3) is 0.531. The van der Waals surface area contributed by atoms with Gasteiger partial charge in [-0.05, 0) is 157 Å². The van der Waals surface area contributed by atoms with Crippen molar-refractivity contribution in [1.29, 1.82) is 0 Å². The van der Waals surface area contributed by atoms with Gasteiger partial charge in [0.15, 0.2) is 0 Å². The molecule has 0 atom stereocenters. The minimum atomic E-state index is -0.0349. The van der Waals surface area contributed by atoms with E-state index in [-0.39, 0.29) is 43.3 Å². The fourth-order valence-corrected chi connectivity index (χ4v) is 9.00. The van der Waals surface area contributed by atoms with Crippen molar-refractivity contribution in [2.75, 3.05) is 0 Å². The number of hydrogen-bond acceptors (Lipinski definition) is 0. The Morgan fingerprint density at radius 3 is 0.391 bits per heavy atom. The van der Waals surface area contributed by atoms with Crippen LogP contribution >= 0.6 is 0 Å². The first kappa shape index (κ1) is 51.1. The van der Waals surface area contributed by atoms with Crippen molar-refractivity contribution in [3.63, 3.8) is 0 Å². The van der Waals surface area contributed by atoms with Gasteiger partial charge < -0.3 is 0 Å². The van der Waals surface area contributed by atoms with Crippen LogP contribution < -0.4 is 0 Å². The third-order valence-electron chi connectivity index (χ3n) is 13.8. The van der Waals surface area contributed by atoms with Crippen LogP contribution in [0.1, 0.15) is 222 Å². The van der Waals surface area contributed by atoms with E-state index in [1.807, 2.05) is 0 Å². The molecule has 0 N–H and O–H groups in total. The summed E-state index contributed by atoms with van der Waals surface area (Å²) in [5, 5.41) is 0. The molecule has 0 spiro atoms. The summed E-state index contributed by atoms with van der Waals surface area (Å²) in [5.74, 6) is 0. The van der Waals surface area contributed by atoms with Gasteiger partial charge in [0.2, 0.25) is 0 Å². The molecule has 0 radical (unpaired) electrons. The van der Waals surface area contributed by atoms with Crippen LogP contribution in [0.3, 0.4) is 0 Å². The first-order chi connectivity index (χ1) is 28.6. The maximum Gasteiger partial charge on any atom is -0.00666 e. The monoisotopic (exact) mass is 859 g/mol. The van der Waals surface area contributed by atoms with Gasteiger partial charge in [0, 0.05) is 0 Å². The van der Waals surface area contributed by atoms with E-state index in [1.165, 1.54) is 100 Å². The van der Waals surface area contributed by atoms with Crippen molar-refractivity contribution in [2.45, 2.75) is 223 Å². The normalized spacial score (nSPS) is 13.8. The maximum absolute atomic E-state index is 2.53.